The highest BCUT2D eigenvalue weighted by Crippen LogP contribution is 2.24. The molecule has 0 aromatic rings. The van der Waals surface area contributed by atoms with Gasteiger partial charge in [-0.25, -0.2) is 0 Å². The van der Waals surface area contributed by atoms with Crippen LogP contribution in [-0.2, 0) is 23.8 Å². The number of unbranched alkanes of at least 4 members (excludes halogenated alkanes) is 52. The first-order valence-corrected chi connectivity index (χ1v) is 41.6. The first kappa shape index (κ1) is 91.4. The van der Waals surface area contributed by atoms with Crippen LogP contribution in [0.5, 0.6) is 0 Å². The Morgan fingerprint density at radius 2 is 0.708 bits per heavy atom. The van der Waals surface area contributed by atoms with E-state index >= 15 is 0 Å². The van der Waals surface area contributed by atoms with E-state index in [1.54, 1.807) is 6.08 Å². The van der Waals surface area contributed by atoms with Gasteiger partial charge in [-0.1, -0.05) is 351 Å². The minimum absolute atomic E-state index is 0.0119. The second kappa shape index (κ2) is 73.6. The summed E-state index contributed by atoms with van der Waals surface area (Å²) < 4.78 is 16.8. The summed E-state index contributed by atoms with van der Waals surface area (Å²) in [4.78, 5) is 25.2. The Kier molecular flexibility index (Phi) is 70.0. The van der Waals surface area contributed by atoms with E-state index in [2.05, 4.69) is 67.8 Å². The molecule has 1 rings (SSSR count). The summed E-state index contributed by atoms with van der Waals surface area (Å²) in [7, 11) is 0. The molecular weight excluding hydrogens is 1190 g/mol. The molecular formula is C85H157NO10. The minimum atomic E-state index is -1.58. The van der Waals surface area contributed by atoms with Crippen molar-refractivity contribution in [1.29, 1.82) is 0 Å². The molecule has 562 valence electrons. The van der Waals surface area contributed by atoms with Crippen LogP contribution in [0.25, 0.3) is 0 Å². The van der Waals surface area contributed by atoms with Gasteiger partial charge in [-0.2, -0.15) is 0 Å². The SMILES string of the molecule is CCCCCCC/C=C/CC/C=C/C(O)C(COC1OC(CO)C(O)C(O)C1O)NC(=O)CCCCCCCCCCCCCCCCCCC/C=C\C/C=C\CCCCCCCCCCCCCCCCCOC(=O)CCCCCCCCC/C=C\CCCCCCCCC. The fraction of sp³-hybridized carbons (Fsp3) is 0.859. The van der Waals surface area contributed by atoms with Gasteiger partial charge >= 0.3 is 5.97 Å². The third-order valence-electron chi connectivity index (χ3n) is 19.6. The summed E-state index contributed by atoms with van der Waals surface area (Å²) in [5.41, 5.74) is 0. The fourth-order valence-electron chi connectivity index (χ4n) is 13.1. The number of esters is 1. The maximum Gasteiger partial charge on any atom is 0.305 e. The van der Waals surface area contributed by atoms with E-state index in [0.29, 0.717) is 19.4 Å². The van der Waals surface area contributed by atoms with Crippen LogP contribution in [0.1, 0.15) is 406 Å². The van der Waals surface area contributed by atoms with E-state index in [9.17, 15) is 35.1 Å². The molecule has 0 aliphatic carbocycles. The Morgan fingerprint density at radius 3 is 1.09 bits per heavy atom. The molecule has 7 unspecified atom stereocenters. The quantitative estimate of drug-likeness (QED) is 0.0195. The highest BCUT2D eigenvalue weighted by atomic mass is 16.7. The lowest BCUT2D eigenvalue weighted by Gasteiger charge is -2.40. The van der Waals surface area contributed by atoms with E-state index in [1.165, 1.54) is 315 Å². The Bertz CT molecular complexity index is 1780. The highest BCUT2D eigenvalue weighted by molar-refractivity contribution is 5.76. The highest BCUT2D eigenvalue weighted by Gasteiger charge is 2.44. The van der Waals surface area contributed by atoms with Crippen molar-refractivity contribution < 1.29 is 49.3 Å². The molecule has 0 aromatic carbocycles. The number of aliphatic hydroxyl groups is 5. The number of amides is 1. The van der Waals surface area contributed by atoms with Gasteiger partial charge in [0.2, 0.25) is 5.91 Å². The number of rotatable bonds is 74. The van der Waals surface area contributed by atoms with Crippen molar-refractivity contribution in [2.24, 2.45) is 0 Å². The third kappa shape index (κ3) is 61.2. The van der Waals surface area contributed by atoms with Crippen molar-refractivity contribution in [1.82, 2.24) is 5.32 Å². The second-order valence-corrected chi connectivity index (χ2v) is 28.8. The molecule has 1 fully saturated rings. The molecule has 11 heteroatoms. The predicted molar refractivity (Wildman–Crippen MR) is 407 cm³/mol. The molecule has 1 heterocycles. The van der Waals surface area contributed by atoms with Gasteiger partial charge in [-0.3, -0.25) is 9.59 Å². The van der Waals surface area contributed by atoms with Crippen molar-refractivity contribution >= 4 is 11.9 Å². The number of aliphatic hydroxyl groups excluding tert-OH is 5. The summed E-state index contributed by atoms with van der Waals surface area (Å²) in [5.74, 6) is -0.177. The molecule has 1 saturated heterocycles. The summed E-state index contributed by atoms with van der Waals surface area (Å²) in [5, 5.41) is 54.4. The summed E-state index contributed by atoms with van der Waals surface area (Å²) in [6.07, 6.45) is 89.9. The van der Waals surface area contributed by atoms with Crippen LogP contribution in [0, 0.1) is 0 Å². The first-order chi connectivity index (χ1) is 47.2. The largest absolute Gasteiger partial charge is 0.466 e. The van der Waals surface area contributed by atoms with E-state index in [4.69, 9.17) is 14.2 Å². The molecule has 1 amide bonds. The van der Waals surface area contributed by atoms with E-state index in [-0.39, 0.29) is 18.5 Å². The van der Waals surface area contributed by atoms with Crippen LogP contribution in [0.4, 0.5) is 0 Å². The Balaban J connectivity index is 1.87. The number of carbonyl (C=O) groups excluding carboxylic acids is 2. The van der Waals surface area contributed by atoms with Crippen LogP contribution in [0.15, 0.2) is 60.8 Å². The lowest BCUT2D eigenvalue weighted by atomic mass is 9.99. The van der Waals surface area contributed by atoms with Gasteiger partial charge in [0.1, 0.15) is 24.4 Å². The number of nitrogens with one attached hydrogen (secondary N) is 1. The molecule has 7 atom stereocenters. The van der Waals surface area contributed by atoms with Gasteiger partial charge in [0.25, 0.3) is 0 Å². The van der Waals surface area contributed by atoms with Gasteiger partial charge in [-0.15, -0.1) is 0 Å². The first-order valence-electron chi connectivity index (χ1n) is 41.6. The Labute approximate surface area is 592 Å². The monoisotopic (exact) mass is 1350 g/mol. The third-order valence-corrected chi connectivity index (χ3v) is 19.6. The van der Waals surface area contributed by atoms with Gasteiger partial charge in [0.05, 0.1) is 32.0 Å². The molecule has 0 saturated carbocycles. The lowest BCUT2D eigenvalue weighted by Crippen LogP contribution is -2.60. The van der Waals surface area contributed by atoms with E-state index in [1.807, 2.05) is 6.08 Å². The standard InChI is InChI=1S/C85H157NO10/c1-3-5-7-9-11-13-15-16-17-18-43-46-49-53-57-61-65-69-73-81(90)94-74-70-66-62-58-54-50-47-44-41-39-37-35-33-31-29-27-25-23-21-19-20-22-24-26-28-30-32-34-36-38-40-42-45-48-52-56-60-64-68-72-80(89)86-77(76-95-85-84(93)83(92)82(91)79(75-87)96-85)78(88)71-67-63-59-55-51-14-12-10-8-6-4-2/h17-20,23,25,51,55,67,71,77-79,82-85,87-88,91-93H,3-16,21-22,24,26-50,52-54,56-66,68-70,72-76H2,1-2H3,(H,86,89)/b18-17-,20-19-,25-23-,55-51+,71-67+. The molecule has 1 aliphatic heterocycles. The van der Waals surface area contributed by atoms with Crippen molar-refractivity contribution in [3.63, 3.8) is 0 Å². The maximum absolute atomic E-state index is 13.1. The van der Waals surface area contributed by atoms with Crippen molar-refractivity contribution in [2.45, 2.75) is 448 Å². The zero-order valence-electron chi connectivity index (χ0n) is 62.8. The zero-order chi connectivity index (χ0) is 69.4. The second-order valence-electron chi connectivity index (χ2n) is 28.8. The molecule has 0 spiro atoms. The number of hydrogen-bond acceptors (Lipinski definition) is 10. The topological polar surface area (TPSA) is 175 Å². The van der Waals surface area contributed by atoms with Gasteiger partial charge in [0, 0.05) is 12.8 Å². The molecule has 11 nitrogen and oxygen atoms in total. The molecule has 0 bridgehead atoms. The maximum atomic E-state index is 13.1. The average Bonchev–Trinajstić information content (AvgIpc) is 0.855. The summed E-state index contributed by atoms with van der Waals surface area (Å²) in [6, 6.07) is -0.825. The van der Waals surface area contributed by atoms with Crippen molar-refractivity contribution in [3.8, 4) is 0 Å². The molecule has 6 N–H and O–H groups in total. The number of hydrogen-bond donors (Lipinski definition) is 6. The van der Waals surface area contributed by atoms with Crippen LogP contribution in [-0.4, -0.2) is 100 Å². The Morgan fingerprint density at radius 1 is 0.385 bits per heavy atom. The van der Waals surface area contributed by atoms with Crippen molar-refractivity contribution in [3.05, 3.63) is 60.8 Å². The molecule has 0 aromatic heterocycles. The predicted octanol–water partition coefficient (Wildman–Crippen LogP) is 22.8. The van der Waals surface area contributed by atoms with E-state index in [0.717, 1.165) is 64.2 Å². The van der Waals surface area contributed by atoms with Gasteiger partial charge < -0.3 is 45.1 Å². The minimum Gasteiger partial charge on any atom is -0.466 e. The van der Waals surface area contributed by atoms with Gasteiger partial charge in [-0.05, 0) is 103 Å². The van der Waals surface area contributed by atoms with Crippen LogP contribution < -0.4 is 5.32 Å². The average molecular weight is 1350 g/mol. The normalized spacial score (nSPS) is 17.6. The number of ether oxygens (including phenoxy) is 3. The number of allylic oxidation sites excluding steroid dienone is 9. The van der Waals surface area contributed by atoms with Gasteiger partial charge in [0.15, 0.2) is 6.29 Å². The van der Waals surface area contributed by atoms with E-state index < -0.39 is 49.5 Å². The van der Waals surface area contributed by atoms with Crippen LogP contribution in [0.2, 0.25) is 0 Å². The molecule has 0 radical (unpaired) electrons. The molecule has 1 aliphatic rings. The van der Waals surface area contributed by atoms with Crippen molar-refractivity contribution in [2.75, 3.05) is 19.8 Å². The van der Waals surface area contributed by atoms with Crippen LogP contribution in [0.3, 0.4) is 0 Å². The fourth-order valence-corrected chi connectivity index (χ4v) is 13.1. The smallest absolute Gasteiger partial charge is 0.305 e. The summed E-state index contributed by atoms with van der Waals surface area (Å²) >= 11 is 0. The van der Waals surface area contributed by atoms with Crippen LogP contribution >= 0.6 is 0 Å². The Hall–Kier alpha value is -2.64. The summed E-state index contributed by atoms with van der Waals surface area (Å²) in [6.45, 7) is 4.35. The zero-order valence-corrected chi connectivity index (χ0v) is 62.8. The number of carbonyl (C=O) groups is 2. The molecule has 96 heavy (non-hydrogen) atoms. The lowest BCUT2D eigenvalue weighted by molar-refractivity contribution is -0.302.